The van der Waals surface area contributed by atoms with Crippen LogP contribution in [0.4, 0.5) is 27.7 Å². The van der Waals surface area contributed by atoms with Crippen molar-refractivity contribution in [3.8, 4) is 10.4 Å². The Labute approximate surface area is 202 Å². The van der Waals surface area contributed by atoms with Crippen LogP contribution in [-0.4, -0.2) is 21.9 Å². The van der Waals surface area contributed by atoms with E-state index < -0.39 is 0 Å². The number of aromatic nitrogens is 2. The van der Waals surface area contributed by atoms with Gasteiger partial charge in [-0.3, -0.25) is 4.79 Å². The summed E-state index contributed by atoms with van der Waals surface area (Å²) in [6.45, 7) is 0. The molecular formula is C24H18N6O2S2. The van der Waals surface area contributed by atoms with Crippen molar-refractivity contribution in [2.24, 2.45) is 0 Å². The Balaban J connectivity index is 1.35. The van der Waals surface area contributed by atoms with E-state index >= 15 is 0 Å². The Bertz CT molecular complexity index is 1470. The topological polar surface area (TPSA) is 122 Å². The maximum absolute atomic E-state index is 13.3. The highest BCUT2D eigenvalue weighted by atomic mass is 32.1. The summed E-state index contributed by atoms with van der Waals surface area (Å²) in [4.78, 5) is 35.3. The van der Waals surface area contributed by atoms with Gasteiger partial charge in [0, 0.05) is 22.6 Å². The largest absolute Gasteiger partial charge is 0.383 e. The fourth-order valence-electron chi connectivity index (χ4n) is 3.41. The predicted molar refractivity (Wildman–Crippen MR) is 139 cm³/mol. The maximum Gasteiger partial charge on any atom is 0.323 e. The zero-order chi connectivity index (χ0) is 23.5. The van der Waals surface area contributed by atoms with Crippen molar-refractivity contribution in [2.45, 2.75) is 0 Å². The van der Waals surface area contributed by atoms with Gasteiger partial charge in [0.2, 0.25) is 0 Å². The summed E-state index contributed by atoms with van der Waals surface area (Å²) in [5.41, 5.74) is 9.34. The van der Waals surface area contributed by atoms with Gasteiger partial charge in [0.1, 0.15) is 17.0 Å². The molecule has 0 saturated carbocycles. The minimum atomic E-state index is -0.358. The molecule has 3 heterocycles. The van der Waals surface area contributed by atoms with Gasteiger partial charge in [-0.15, -0.1) is 11.3 Å². The number of hydrogen-bond acceptors (Lipinski definition) is 7. The van der Waals surface area contributed by atoms with Crippen LogP contribution in [0, 0.1) is 0 Å². The Morgan fingerprint density at radius 3 is 2.18 bits per heavy atom. The van der Waals surface area contributed by atoms with Gasteiger partial charge in [0.05, 0.1) is 15.8 Å². The molecule has 0 spiro atoms. The van der Waals surface area contributed by atoms with Gasteiger partial charge in [-0.05, 0) is 53.2 Å². The van der Waals surface area contributed by atoms with E-state index in [2.05, 4.69) is 25.9 Å². The molecule has 168 valence electrons. The van der Waals surface area contributed by atoms with Crippen LogP contribution in [0.5, 0.6) is 0 Å². The van der Waals surface area contributed by atoms with Crippen LogP contribution >= 0.6 is 22.7 Å². The van der Waals surface area contributed by atoms with E-state index in [0.29, 0.717) is 32.8 Å². The Morgan fingerprint density at radius 2 is 1.50 bits per heavy atom. The van der Waals surface area contributed by atoms with E-state index in [0.717, 1.165) is 10.4 Å². The lowest BCUT2D eigenvalue weighted by Crippen LogP contribution is -2.19. The molecule has 34 heavy (non-hydrogen) atoms. The van der Waals surface area contributed by atoms with Gasteiger partial charge in [-0.25, -0.2) is 14.8 Å². The van der Waals surface area contributed by atoms with Crippen molar-refractivity contribution in [3.05, 3.63) is 83.3 Å². The fourth-order valence-corrected chi connectivity index (χ4v) is 5.28. The van der Waals surface area contributed by atoms with E-state index in [-0.39, 0.29) is 17.8 Å². The van der Waals surface area contributed by atoms with E-state index in [1.54, 1.807) is 47.7 Å². The fraction of sp³-hybridized carbons (Fsp3) is 0. The molecule has 5 rings (SSSR count). The normalized spacial score (nSPS) is 10.7. The molecule has 0 atom stereocenters. The van der Waals surface area contributed by atoms with Crippen LogP contribution in [0.15, 0.2) is 77.8 Å². The maximum atomic E-state index is 13.3. The molecule has 5 N–H and O–H groups in total. The molecule has 2 aromatic carbocycles. The molecule has 0 fully saturated rings. The SMILES string of the molecule is Nc1ncnc2sc(-c3ccsc3)c(C(=O)Nc3ccc(NC(=O)Nc4ccccc4)cc3)c12. The average molecular weight is 487 g/mol. The second kappa shape index (κ2) is 9.30. The van der Waals surface area contributed by atoms with Gasteiger partial charge in [-0.2, -0.15) is 11.3 Å². The molecule has 3 amide bonds. The lowest BCUT2D eigenvalue weighted by atomic mass is 10.1. The van der Waals surface area contributed by atoms with Crippen molar-refractivity contribution in [1.29, 1.82) is 0 Å². The summed E-state index contributed by atoms with van der Waals surface area (Å²) in [6, 6.07) is 17.6. The van der Waals surface area contributed by atoms with Crippen LogP contribution in [0.2, 0.25) is 0 Å². The van der Waals surface area contributed by atoms with Gasteiger partial charge >= 0.3 is 6.03 Å². The van der Waals surface area contributed by atoms with Crippen LogP contribution in [0.1, 0.15) is 10.4 Å². The van der Waals surface area contributed by atoms with Crippen LogP contribution in [-0.2, 0) is 0 Å². The summed E-state index contributed by atoms with van der Waals surface area (Å²) >= 11 is 2.95. The second-order valence-corrected chi connectivity index (χ2v) is 9.01. The molecule has 0 bridgehead atoms. The number of para-hydroxylation sites is 1. The van der Waals surface area contributed by atoms with Gasteiger partial charge in [0.25, 0.3) is 5.91 Å². The summed E-state index contributed by atoms with van der Waals surface area (Å²) in [5, 5.41) is 12.9. The Kier molecular flexibility index (Phi) is 5.90. The number of fused-ring (bicyclic) bond motifs is 1. The summed E-state index contributed by atoms with van der Waals surface area (Å²) in [7, 11) is 0. The number of rotatable bonds is 5. The number of carbonyl (C=O) groups excluding carboxylic acids is 2. The first kappa shape index (κ1) is 21.6. The highest BCUT2D eigenvalue weighted by molar-refractivity contribution is 7.22. The minimum Gasteiger partial charge on any atom is -0.383 e. The number of anilines is 4. The number of nitrogen functional groups attached to an aromatic ring is 1. The molecule has 3 aromatic heterocycles. The van der Waals surface area contributed by atoms with Crippen molar-refractivity contribution >= 4 is 67.7 Å². The first-order valence-electron chi connectivity index (χ1n) is 10.2. The van der Waals surface area contributed by atoms with Crippen molar-refractivity contribution in [1.82, 2.24) is 9.97 Å². The lowest BCUT2D eigenvalue weighted by molar-refractivity contribution is 0.102. The Morgan fingerprint density at radius 1 is 0.824 bits per heavy atom. The van der Waals surface area contributed by atoms with Gasteiger partial charge in [-0.1, -0.05) is 18.2 Å². The number of nitrogens with one attached hydrogen (secondary N) is 3. The third-order valence-electron chi connectivity index (χ3n) is 4.96. The highest BCUT2D eigenvalue weighted by Gasteiger charge is 2.23. The zero-order valence-electron chi connectivity index (χ0n) is 17.6. The molecule has 0 aliphatic heterocycles. The minimum absolute atomic E-state index is 0.261. The third-order valence-corrected chi connectivity index (χ3v) is 6.79. The van der Waals surface area contributed by atoms with Gasteiger partial charge < -0.3 is 21.7 Å². The molecule has 0 aliphatic rings. The molecule has 8 nitrogen and oxygen atoms in total. The standard InChI is InChI=1S/C24H18N6O2S2/c25-21-19-18(20(14-10-11-33-12-14)34-23(19)27-13-26-21)22(31)28-16-6-8-17(9-7-16)30-24(32)29-15-4-2-1-3-5-15/h1-13H,(H,28,31)(H2,25,26,27)(H2,29,30,32). The van der Waals surface area contributed by atoms with Crippen molar-refractivity contribution in [3.63, 3.8) is 0 Å². The number of hydrogen-bond donors (Lipinski definition) is 4. The lowest BCUT2D eigenvalue weighted by Gasteiger charge is -2.10. The van der Waals surface area contributed by atoms with Crippen LogP contribution < -0.4 is 21.7 Å². The van der Waals surface area contributed by atoms with E-state index in [9.17, 15) is 9.59 Å². The van der Waals surface area contributed by atoms with E-state index in [1.807, 2.05) is 35.0 Å². The number of nitrogens with two attached hydrogens (primary N) is 1. The number of nitrogens with zero attached hydrogens (tertiary/aromatic N) is 2. The molecular weight excluding hydrogens is 468 g/mol. The van der Waals surface area contributed by atoms with E-state index in [1.165, 1.54) is 17.7 Å². The molecule has 0 radical (unpaired) electrons. The zero-order valence-corrected chi connectivity index (χ0v) is 19.2. The number of urea groups is 1. The molecule has 10 heteroatoms. The van der Waals surface area contributed by atoms with Gasteiger partial charge in [0.15, 0.2) is 0 Å². The van der Waals surface area contributed by atoms with Crippen LogP contribution in [0.3, 0.4) is 0 Å². The second-order valence-electron chi connectivity index (χ2n) is 7.23. The Hall–Kier alpha value is -4.28. The predicted octanol–water partition coefficient (Wildman–Crippen LogP) is 5.90. The molecule has 0 unspecified atom stereocenters. The monoisotopic (exact) mass is 486 g/mol. The van der Waals surface area contributed by atoms with Crippen molar-refractivity contribution in [2.75, 3.05) is 21.7 Å². The van der Waals surface area contributed by atoms with Crippen LogP contribution in [0.25, 0.3) is 20.7 Å². The first-order chi connectivity index (χ1) is 16.6. The summed E-state index contributed by atoms with van der Waals surface area (Å²) in [6.07, 6.45) is 1.40. The highest BCUT2D eigenvalue weighted by Crippen LogP contribution is 2.40. The number of thiophene rings is 2. The number of carbonyl (C=O) groups is 2. The summed E-state index contributed by atoms with van der Waals surface area (Å²) in [5.74, 6) is -0.0478. The molecule has 0 aliphatic carbocycles. The first-order valence-corrected chi connectivity index (χ1v) is 11.9. The average Bonchev–Trinajstić information content (AvgIpc) is 3.49. The number of amides is 3. The smallest absolute Gasteiger partial charge is 0.323 e. The van der Waals surface area contributed by atoms with E-state index in [4.69, 9.17) is 5.73 Å². The molecule has 0 saturated heterocycles. The quantitative estimate of drug-likeness (QED) is 0.246. The summed E-state index contributed by atoms with van der Waals surface area (Å²) < 4.78 is 0. The van der Waals surface area contributed by atoms with Crippen molar-refractivity contribution < 1.29 is 9.59 Å². The number of benzene rings is 2. The molecule has 5 aromatic rings. The third kappa shape index (κ3) is 4.45.